The monoisotopic (exact) mass is 158 g/mol. The van der Waals surface area contributed by atoms with Gasteiger partial charge in [0, 0.05) is 19.1 Å². The van der Waals surface area contributed by atoms with E-state index in [2.05, 4.69) is 10.6 Å². The summed E-state index contributed by atoms with van der Waals surface area (Å²) in [4.78, 5) is 0. The molecule has 0 radical (unpaired) electrons. The fraction of sp³-hybridized carbons (Fsp3) is 1.00. The maximum atomic E-state index is 5.60. The molecule has 2 aliphatic rings. The molecule has 0 saturated carbocycles. The van der Waals surface area contributed by atoms with Gasteiger partial charge in [-0.05, 0) is 0 Å². The normalized spacial score (nSPS) is 42.0. The number of ether oxygens (including phenoxy) is 1. The SMILES string of the molecule is NC1(N)CN[C@H]2CNC[C@H]2O1. The first kappa shape index (κ1) is 7.45. The van der Waals surface area contributed by atoms with Crippen LogP contribution in [0.15, 0.2) is 0 Å². The fourth-order valence-electron chi connectivity index (χ4n) is 1.60. The number of rotatable bonds is 0. The zero-order valence-electron chi connectivity index (χ0n) is 6.34. The van der Waals surface area contributed by atoms with E-state index in [-0.39, 0.29) is 6.10 Å². The molecule has 2 rings (SSSR count). The minimum Gasteiger partial charge on any atom is -0.340 e. The van der Waals surface area contributed by atoms with Crippen molar-refractivity contribution in [2.75, 3.05) is 19.6 Å². The molecule has 0 amide bonds. The topological polar surface area (TPSA) is 85.3 Å². The Morgan fingerprint density at radius 3 is 3.00 bits per heavy atom. The number of morpholine rings is 1. The van der Waals surface area contributed by atoms with Crippen LogP contribution in [0.2, 0.25) is 0 Å². The van der Waals surface area contributed by atoms with Gasteiger partial charge >= 0.3 is 0 Å². The minimum absolute atomic E-state index is 0.138. The first-order chi connectivity index (χ1) is 5.17. The van der Waals surface area contributed by atoms with Gasteiger partial charge in [0.05, 0.1) is 12.6 Å². The zero-order chi connectivity index (χ0) is 7.90. The lowest BCUT2D eigenvalue weighted by Crippen LogP contribution is -2.67. The largest absolute Gasteiger partial charge is 0.340 e. The summed E-state index contributed by atoms with van der Waals surface area (Å²) in [5.74, 6) is -0.979. The highest BCUT2D eigenvalue weighted by molar-refractivity contribution is 4.94. The standard InChI is InChI=1S/C6H14N4O/c7-6(8)3-10-4-1-9-2-5(4)11-6/h4-5,9-10H,1-3,7-8H2/t4-,5+/m0/s1. The van der Waals surface area contributed by atoms with Crippen molar-refractivity contribution in [3.05, 3.63) is 0 Å². The molecule has 0 aromatic heterocycles. The molecular weight excluding hydrogens is 144 g/mol. The molecule has 0 aliphatic carbocycles. The molecule has 6 N–H and O–H groups in total. The summed E-state index contributed by atoms with van der Waals surface area (Å²) in [5, 5.41) is 6.44. The Hall–Kier alpha value is -0.200. The van der Waals surface area contributed by atoms with E-state index in [1.165, 1.54) is 0 Å². The van der Waals surface area contributed by atoms with Crippen molar-refractivity contribution >= 4 is 0 Å². The predicted molar refractivity (Wildman–Crippen MR) is 40.6 cm³/mol. The van der Waals surface area contributed by atoms with Crippen LogP contribution in [-0.2, 0) is 4.74 Å². The second-order valence-corrected chi connectivity index (χ2v) is 3.26. The third-order valence-electron chi connectivity index (χ3n) is 2.17. The Morgan fingerprint density at radius 1 is 1.36 bits per heavy atom. The summed E-state index contributed by atoms with van der Waals surface area (Å²) in [7, 11) is 0. The number of nitrogens with two attached hydrogens (primary N) is 2. The van der Waals surface area contributed by atoms with Crippen molar-refractivity contribution in [3.8, 4) is 0 Å². The van der Waals surface area contributed by atoms with E-state index < -0.39 is 5.85 Å². The molecule has 0 aromatic carbocycles. The third-order valence-corrected chi connectivity index (χ3v) is 2.17. The Labute approximate surface area is 65.4 Å². The van der Waals surface area contributed by atoms with Crippen LogP contribution in [0.25, 0.3) is 0 Å². The van der Waals surface area contributed by atoms with Crippen molar-refractivity contribution < 1.29 is 4.74 Å². The van der Waals surface area contributed by atoms with Crippen LogP contribution in [0.3, 0.4) is 0 Å². The molecule has 0 spiro atoms. The van der Waals surface area contributed by atoms with E-state index in [4.69, 9.17) is 16.2 Å². The summed E-state index contributed by atoms with van der Waals surface area (Å²) in [6, 6.07) is 0.384. The maximum Gasteiger partial charge on any atom is 0.182 e. The van der Waals surface area contributed by atoms with Crippen molar-refractivity contribution in [2.24, 2.45) is 11.5 Å². The highest BCUT2D eigenvalue weighted by atomic mass is 16.5. The molecule has 0 aromatic rings. The molecule has 11 heavy (non-hydrogen) atoms. The van der Waals surface area contributed by atoms with Gasteiger partial charge in [-0.15, -0.1) is 0 Å². The Morgan fingerprint density at radius 2 is 2.18 bits per heavy atom. The van der Waals surface area contributed by atoms with Gasteiger partial charge < -0.3 is 15.4 Å². The summed E-state index contributed by atoms with van der Waals surface area (Å²) in [6.07, 6.45) is 0.138. The smallest absolute Gasteiger partial charge is 0.182 e. The van der Waals surface area contributed by atoms with Gasteiger partial charge in [0.25, 0.3) is 0 Å². The van der Waals surface area contributed by atoms with Gasteiger partial charge in [0.15, 0.2) is 5.85 Å². The fourth-order valence-corrected chi connectivity index (χ4v) is 1.60. The van der Waals surface area contributed by atoms with E-state index in [1.54, 1.807) is 0 Å². The van der Waals surface area contributed by atoms with E-state index >= 15 is 0 Å². The lowest BCUT2D eigenvalue weighted by molar-refractivity contribution is -0.114. The first-order valence-electron chi connectivity index (χ1n) is 3.87. The van der Waals surface area contributed by atoms with Gasteiger partial charge in [0.1, 0.15) is 0 Å². The quantitative estimate of drug-likeness (QED) is 0.293. The van der Waals surface area contributed by atoms with Gasteiger partial charge in [-0.2, -0.15) is 0 Å². The second kappa shape index (κ2) is 2.40. The van der Waals surface area contributed by atoms with Crippen LogP contribution in [0.4, 0.5) is 0 Å². The molecule has 0 bridgehead atoms. The molecule has 5 heteroatoms. The summed E-state index contributed by atoms with van der Waals surface area (Å²) < 4.78 is 5.43. The van der Waals surface area contributed by atoms with Crippen molar-refractivity contribution in [1.82, 2.24) is 10.6 Å². The van der Waals surface area contributed by atoms with E-state index in [0.29, 0.717) is 12.6 Å². The zero-order valence-corrected chi connectivity index (χ0v) is 6.34. The highest BCUT2D eigenvalue weighted by Crippen LogP contribution is 2.13. The van der Waals surface area contributed by atoms with Crippen LogP contribution in [0.1, 0.15) is 0 Å². The van der Waals surface area contributed by atoms with E-state index in [9.17, 15) is 0 Å². The molecule has 2 atom stereocenters. The summed E-state index contributed by atoms with van der Waals surface area (Å²) in [5.41, 5.74) is 11.2. The van der Waals surface area contributed by atoms with Crippen molar-refractivity contribution in [2.45, 2.75) is 18.0 Å². The number of fused-ring (bicyclic) bond motifs is 1. The van der Waals surface area contributed by atoms with Gasteiger partial charge in [0.2, 0.25) is 0 Å². The van der Waals surface area contributed by atoms with Gasteiger partial charge in [-0.3, -0.25) is 11.5 Å². The molecule has 2 saturated heterocycles. The molecule has 2 aliphatic heterocycles. The molecule has 5 nitrogen and oxygen atoms in total. The average Bonchev–Trinajstić information content (AvgIpc) is 2.31. The third kappa shape index (κ3) is 1.38. The molecule has 0 unspecified atom stereocenters. The molecular formula is C6H14N4O. The minimum atomic E-state index is -0.979. The lowest BCUT2D eigenvalue weighted by Gasteiger charge is -2.37. The average molecular weight is 158 g/mol. The van der Waals surface area contributed by atoms with Crippen molar-refractivity contribution in [1.29, 1.82) is 0 Å². The van der Waals surface area contributed by atoms with Gasteiger partial charge in [-0.1, -0.05) is 0 Å². The van der Waals surface area contributed by atoms with Crippen molar-refractivity contribution in [3.63, 3.8) is 0 Å². The van der Waals surface area contributed by atoms with Crippen LogP contribution in [-0.4, -0.2) is 37.6 Å². The number of hydrogen-bond acceptors (Lipinski definition) is 5. The molecule has 2 fully saturated rings. The summed E-state index contributed by atoms with van der Waals surface area (Å²) in [6.45, 7) is 2.31. The van der Waals surface area contributed by atoms with E-state index in [1.807, 2.05) is 0 Å². The second-order valence-electron chi connectivity index (χ2n) is 3.26. The van der Waals surface area contributed by atoms with Crippen LogP contribution in [0, 0.1) is 0 Å². The van der Waals surface area contributed by atoms with Gasteiger partial charge in [-0.25, -0.2) is 0 Å². The first-order valence-corrected chi connectivity index (χ1v) is 3.87. The molecule has 64 valence electrons. The maximum absolute atomic E-state index is 5.60. The number of hydrogen-bond donors (Lipinski definition) is 4. The van der Waals surface area contributed by atoms with Crippen LogP contribution >= 0.6 is 0 Å². The Balaban J connectivity index is 2.02. The van der Waals surface area contributed by atoms with Crippen LogP contribution in [0.5, 0.6) is 0 Å². The van der Waals surface area contributed by atoms with Crippen LogP contribution < -0.4 is 22.1 Å². The highest BCUT2D eigenvalue weighted by Gasteiger charge is 2.38. The Kier molecular flexibility index (Phi) is 1.62. The summed E-state index contributed by atoms with van der Waals surface area (Å²) >= 11 is 0. The molecule has 2 heterocycles. The lowest BCUT2D eigenvalue weighted by atomic mass is 10.1. The number of nitrogens with one attached hydrogen (secondary N) is 2. The van der Waals surface area contributed by atoms with E-state index in [0.717, 1.165) is 13.1 Å². The Bertz CT molecular complexity index is 161. The predicted octanol–water partition coefficient (Wildman–Crippen LogP) is -2.48.